The summed E-state index contributed by atoms with van der Waals surface area (Å²) in [7, 11) is -0.794. The number of nitrogens with zero attached hydrogens (tertiary/aromatic N) is 4. The standard InChI is InChI=1S/C36H50BrN6O4P/c1-8-25-23-29(38-33-14-13-27(37)34(40-33)39-28-11-9-10-12-32(28)48(6,7)45)31(46-5)24-30(25)42-17-15-26(16-18-42)41-19-21-43(22-20-41)35(44)47-36(2,3)4/h9-14,23-24,26H,8,15-22H2,1-7H3,(H2,38,39,40). The Bertz CT molecular complexity index is 1640. The molecule has 12 heteroatoms. The number of para-hydroxylation sites is 1. The molecule has 5 rings (SSSR count). The Balaban J connectivity index is 1.25. The van der Waals surface area contributed by atoms with Crippen LogP contribution < -0.4 is 25.6 Å². The number of benzene rings is 2. The van der Waals surface area contributed by atoms with Crippen LogP contribution in [0.15, 0.2) is 53.0 Å². The van der Waals surface area contributed by atoms with E-state index >= 15 is 0 Å². The molecule has 0 radical (unpaired) electrons. The lowest BCUT2D eigenvalue weighted by Crippen LogP contribution is -2.55. The number of carbonyl (C=O) groups excluding carboxylic acids is 1. The maximum atomic E-state index is 12.9. The van der Waals surface area contributed by atoms with Crippen molar-refractivity contribution >= 4 is 63.2 Å². The normalized spacial score (nSPS) is 16.5. The molecule has 0 aliphatic carbocycles. The predicted octanol–water partition coefficient (Wildman–Crippen LogP) is 7.67. The molecule has 0 bridgehead atoms. The van der Waals surface area contributed by atoms with Gasteiger partial charge in [-0.1, -0.05) is 19.1 Å². The number of methoxy groups -OCH3 is 1. The second-order valence-electron chi connectivity index (χ2n) is 13.9. The Morgan fingerprint density at radius 3 is 2.29 bits per heavy atom. The van der Waals surface area contributed by atoms with Crippen molar-refractivity contribution in [1.82, 2.24) is 14.8 Å². The number of hydrogen-bond donors (Lipinski definition) is 2. The molecular weight excluding hydrogens is 691 g/mol. The summed E-state index contributed by atoms with van der Waals surface area (Å²) >= 11 is 3.62. The molecule has 3 heterocycles. The number of nitrogens with one attached hydrogen (secondary N) is 2. The second kappa shape index (κ2) is 15.1. The first-order valence-electron chi connectivity index (χ1n) is 16.8. The predicted molar refractivity (Wildman–Crippen MR) is 201 cm³/mol. The fraction of sp³-hybridized carbons (Fsp3) is 0.500. The minimum absolute atomic E-state index is 0.212. The van der Waals surface area contributed by atoms with Gasteiger partial charge in [0.1, 0.15) is 30.1 Å². The van der Waals surface area contributed by atoms with Crippen molar-refractivity contribution < 1.29 is 18.8 Å². The van der Waals surface area contributed by atoms with Crippen LogP contribution in [0.4, 0.5) is 33.5 Å². The van der Waals surface area contributed by atoms with Crippen molar-refractivity contribution in [2.45, 2.75) is 58.6 Å². The smallest absolute Gasteiger partial charge is 0.410 e. The van der Waals surface area contributed by atoms with E-state index < -0.39 is 12.7 Å². The third-order valence-corrected chi connectivity index (χ3v) is 11.1. The van der Waals surface area contributed by atoms with Gasteiger partial charge in [0, 0.05) is 62.4 Å². The minimum atomic E-state index is -2.49. The SMILES string of the molecule is CCc1cc(Nc2ccc(Br)c(Nc3ccccc3P(C)(C)=O)n2)c(OC)cc1N1CCC(N2CCN(C(=O)OC(C)(C)C)CC2)CC1. The van der Waals surface area contributed by atoms with E-state index in [1.807, 2.05) is 62.1 Å². The van der Waals surface area contributed by atoms with Crippen molar-refractivity contribution in [1.29, 1.82) is 0 Å². The van der Waals surface area contributed by atoms with Crippen LogP contribution in [0.1, 0.15) is 46.1 Å². The van der Waals surface area contributed by atoms with E-state index in [2.05, 4.69) is 55.4 Å². The quantitative estimate of drug-likeness (QED) is 0.214. The van der Waals surface area contributed by atoms with Crippen LogP contribution in [-0.2, 0) is 15.7 Å². The lowest BCUT2D eigenvalue weighted by molar-refractivity contribution is 0.00901. The van der Waals surface area contributed by atoms with Crippen LogP contribution in [0.25, 0.3) is 0 Å². The lowest BCUT2D eigenvalue weighted by Gasteiger charge is -2.43. The number of aromatic nitrogens is 1. The Kier molecular flexibility index (Phi) is 11.3. The van der Waals surface area contributed by atoms with Gasteiger partial charge in [-0.15, -0.1) is 0 Å². The maximum absolute atomic E-state index is 12.9. The molecule has 0 unspecified atom stereocenters. The van der Waals surface area contributed by atoms with Crippen LogP contribution in [-0.4, -0.2) is 92.2 Å². The molecule has 2 saturated heterocycles. The topological polar surface area (TPSA) is 99.3 Å². The molecule has 2 aromatic carbocycles. The molecule has 2 aliphatic heterocycles. The van der Waals surface area contributed by atoms with Gasteiger partial charge < -0.3 is 34.5 Å². The van der Waals surface area contributed by atoms with Crippen LogP contribution in [0.5, 0.6) is 5.75 Å². The van der Waals surface area contributed by atoms with Crippen molar-refractivity contribution in [3.63, 3.8) is 0 Å². The number of piperazine rings is 1. The molecule has 2 aliphatic rings. The first kappa shape index (κ1) is 36.0. The van der Waals surface area contributed by atoms with Gasteiger partial charge in [0.15, 0.2) is 0 Å². The minimum Gasteiger partial charge on any atom is -0.494 e. The molecule has 1 amide bonds. The van der Waals surface area contributed by atoms with Gasteiger partial charge in [-0.25, -0.2) is 9.78 Å². The van der Waals surface area contributed by atoms with Gasteiger partial charge in [-0.3, -0.25) is 4.90 Å². The summed E-state index contributed by atoms with van der Waals surface area (Å²) in [5, 5.41) is 7.66. The fourth-order valence-electron chi connectivity index (χ4n) is 6.44. The van der Waals surface area contributed by atoms with Gasteiger partial charge in [-0.05, 0) is 105 Å². The van der Waals surface area contributed by atoms with Crippen LogP contribution in [0.2, 0.25) is 0 Å². The summed E-state index contributed by atoms with van der Waals surface area (Å²) in [6.45, 7) is 16.6. The number of carbonyl (C=O) groups is 1. The Morgan fingerprint density at radius 1 is 0.979 bits per heavy atom. The molecule has 3 aromatic rings. The van der Waals surface area contributed by atoms with Crippen molar-refractivity contribution in [3.05, 3.63) is 58.6 Å². The molecular formula is C36H50BrN6O4P. The molecule has 10 nitrogen and oxygen atoms in total. The van der Waals surface area contributed by atoms with Crippen LogP contribution >= 0.6 is 23.1 Å². The highest BCUT2D eigenvalue weighted by molar-refractivity contribution is 9.10. The highest BCUT2D eigenvalue weighted by Gasteiger charge is 2.31. The number of piperidine rings is 1. The molecule has 1 aromatic heterocycles. The van der Waals surface area contributed by atoms with E-state index in [1.165, 1.54) is 11.3 Å². The van der Waals surface area contributed by atoms with E-state index in [0.29, 0.717) is 30.8 Å². The van der Waals surface area contributed by atoms with Gasteiger partial charge in [0.2, 0.25) is 0 Å². The number of aryl methyl sites for hydroxylation is 1. The highest BCUT2D eigenvalue weighted by Crippen LogP contribution is 2.40. The summed E-state index contributed by atoms with van der Waals surface area (Å²) in [5.74, 6) is 2.04. The first-order chi connectivity index (χ1) is 22.8. The lowest BCUT2D eigenvalue weighted by atomic mass is 9.99. The molecule has 0 spiro atoms. The zero-order valence-corrected chi connectivity index (χ0v) is 31.8. The van der Waals surface area contributed by atoms with Crippen molar-refractivity contribution in [2.75, 3.05) is 75.2 Å². The highest BCUT2D eigenvalue weighted by atomic mass is 79.9. The third kappa shape index (κ3) is 8.84. The summed E-state index contributed by atoms with van der Waals surface area (Å²) in [6.07, 6.45) is 2.82. The molecule has 2 N–H and O–H groups in total. The third-order valence-electron chi connectivity index (χ3n) is 8.92. The van der Waals surface area contributed by atoms with Crippen LogP contribution in [0.3, 0.4) is 0 Å². The van der Waals surface area contributed by atoms with Gasteiger partial charge in [0.25, 0.3) is 0 Å². The van der Waals surface area contributed by atoms with Crippen LogP contribution in [0, 0.1) is 0 Å². The van der Waals surface area contributed by atoms with E-state index in [9.17, 15) is 9.36 Å². The number of halogens is 1. The maximum Gasteiger partial charge on any atom is 0.410 e. The van der Waals surface area contributed by atoms with Gasteiger partial charge >= 0.3 is 6.09 Å². The van der Waals surface area contributed by atoms with Gasteiger partial charge in [0.05, 0.1) is 23.0 Å². The average Bonchev–Trinajstić information content (AvgIpc) is 3.05. The average molecular weight is 742 g/mol. The number of anilines is 5. The number of rotatable bonds is 9. The van der Waals surface area contributed by atoms with E-state index in [1.54, 1.807) is 20.4 Å². The number of pyridine rings is 1. The van der Waals surface area contributed by atoms with E-state index in [0.717, 1.165) is 72.3 Å². The molecule has 0 atom stereocenters. The molecule has 2 fully saturated rings. The van der Waals surface area contributed by atoms with Crippen molar-refractivity contribution in [3.8, 4) is 5.75 Å². The zero-order chi connectivity index (χ0) is 34.6. The summed E-state index contributed by atoms with van der Waals surface area (Å²) in [4.78, 5) is 24.2. The molecule has 48 heavy (non-hydrogen) atoms. The van der Waals surface area contributed by atoms with E-state index in [-0.39, 0.29) is 6.09 Å². The largest absolute Gasteiger partial charge is 0.494 e. The Hall–Kier alpha value is -3.27. The van der Waals surface area contributed by atoms with Gasteiger partial charge in [-0.2, -0.15) is 0 Å². The Labute approximate surface area is 294 Å². The number of amides is 1. The zero-order valence-electron chi connectivity index (χ0n) is 29.3. The first-order valence-corrected chi connectivity index (χ1v) is 20.2. The fourth-order valence-corrected chi connectivity index (χ4v) is 7.92. The number of ether oxygens (including phenoxy) is 2. The summed E-state index contributed by atoms with van der Waals surface area (Å²) in [6, 6.07) is 16.3. The summed E-state index contributed by atoms with van der Waals surface area (Å²) in [5.41, 5.74) is 3.60. The molecule has 0 saturated carbocycles. The van der Waals surface area contributed by atoms with Crippen molar-refractivity contribution in [2.24, 2.45) is 0 Å². The second-order valence-corrected chi connectivity index (χ2v) is 17.9. The van der Waals surface area contributed by atoms with E-state index in [4.69, 9.17) is 14.5 Å². The number of hydrogen-bond acceptors (Lipinski definition) is 9. The monoisotopic (exact) mass is 740 g/mol. The molecule has 260 valence electrons. The summed E-state index contributed by atoms with van der Waals surface area (Å²) < 4.78 is 25.2. The Morgan fingerprint density at radius 2 is 1.67 bits per heavy atom.